The Bertz CT molecular complexity index is 508. The minimum absolute atomic E-state index is 0.763. The predicted molar refractivity (Wildman–Crippen MR) is 77.9 cm³/mol. The van der Waals surface area contributed by atoms with Crippen molar-refractivity contribution >= 4 is 5.95 Å². The number of para-hydroxylation sites is 1. The summed E-state index contributed by atoms with van der Waals surface area (Å²) in [7, 11) is 1.72. The van der Waals surface area contributed by atoms with Crippen LogP contribution in [0, 0.1) is 0 Å². The standard InChI is InChI=1S/C15H21N3O/c1-3-13-7-4-5-8-14(13)18-11-10-17-15(18)16-9-6-12-19-2/h4-5,7-8,10-11H,3,6,9,12H2,1-2H3,(H,16,17). The first-order chi connectivity index (χ1) is 9.36. The maximum Gasteiger partial charge on any atom is 0.207 e. The zero-order valence-electron chi connectivity index (χ0n) is 11.6. The minimum Gasteiger partial charge on any atom is -0.385 e. The molecule has 0 aliphatic heterocycles. The molecular weight excluding hydrogens is 238 g/mol. The minimum atomic E-state index is 0.763. The summed E-state index contributed by atoms with van der Waals surface area (Å²) in [6.07, 6.45) is 5.80. The quantitative estimate of drug-likeness (QED) is 0.777. The summed E-state index contributed by atoms with van der Waals surface area (Å²) in [5.74, 6) is 0.886. The summed E-state index contributed by atoms with van der Waals surface area (Å²) in [6, 6.07) is 8.42. The van der Waals surface area contributed by atoms with Crippen molar-refractivity contribution in [2.45, 2.75) is 19.8 Å². The lowest BCUT2D eigenvalue weighted by atomic mass is 10.1. The van der Waals surface area contributed by atoms with Gasteiger partial charge in [-0.05, 0) is 24.5 Å². The summed E-state index contributed by atoms with van der Waals surface area (Å²) in [6.45, 7) is 3.79. The SMILES string of the molecule is CCc1ccccc1-n1ccnc1NCCCOC. The maximum absolute atomic E-state index is 5.05. The van der Waals surface area contributed by atoms with Crippen molar-refractivity contribution < 1.29 is 4.74 Å². The third-order valence-electron chi connectivity index (χ3n) is 3.08. The van der Waals surface area contributed by atoms with Crippen molar-refractivity contribution in [1.29, 1.82) is 0 Å². The fourth-order valence-electron chi connectivity index (χ4n) is 2.09. The van der Waals surface area contributed by atoms with Gasteiger partial charge in [0.25, 0.3) is 0 Å². The Morgan fingerprint density at radius 3 is 2.95 bits per heavy atom. The number of hydrogen-bond acceptors (Lipinski definition) is 3. The number of nitrogens with one attached hydrogen (secondary N) is 1. The molecule has 1 N–H and O–H groups in total. The Morgan fingerprint density at radius 1 is 1.32 bits per heavy atom. The highest BCUT2D eigenvalue weighted by atomic mass is 16.5. The fourth-order valence-corrected chi connectivity index (χ4v) is 2.09. The fraction of sp³-hybridized carbons (Fsp3) is 0.400. The summed E-state index contributed by atoms with van der Waals surface area (Å²) in [4.78, 5) is 4.38. The van der Waals surface area contributed by atoms with E-state index in [1.54, 1.807) is 7.11 Å². The lowest BCUT2D eigenvalue weighted by Gasteiger charge is -2.13. The molecule has 0 fully saturated rings. The number of methoxy groups -OCH3 is 1. The van der Waals surface area contributed by atoms with Gasteiger partial charge in [0, 0.05) is 32.7 Å². The second kappa shape index (κ2) is 6.95. The highest BCUT2D eigenvalue weighted by Crippen LogP contribution is 2.19. The Hall–Kier alpha value is -1.81. The molecule has 19 heavy (non-hydrogen) atoms. The molecule has 0 spiro atoms. The molecule has 0 atom stereocenters. The smallest absolute Gasteiger partial charge is 0.207 e. The number of hydrogen-bond donors (Lipinski definition) is 1. The highest BCUT2D eigenvalue weighted by molar-refractivity contribution is 5.47. The number of aryl methyl sites for hydroxylation is 1. The molecule has 2 aromatic rings. The van der Waals surface area contributed by atoms with Crippen molar-refractivity contribution in [2.24, 2.45) is 0 Å². The summed E-state index contributed by atoms with van der Waals surface area (Å²) >= 11 is 0. The van der Waals surface area contributed by atoms with E-state index in [0.717, 1.165) is 31.9 Å². The van der Waals surface area contributed by atoms with Crippen LogP contribution in [0.1, 0.15) is 18.9 Å². The zero-order chi connectivity index (χ0) is 13.5. The van der Waals surface area contributed by atoms with Crippen LogP contribution in [0.4, 0.5) is 5.95 Å². The van der Waals surface area contributed by atoms with E-state index in [1.807, 2.05) is 12.4 Å². The van der Waals surface area contributed by atoms with Crippen LogP contribution in [0.25, 0.3) is 5.69 Å². The second-order valence-corrected chi connectivity index (χ2v) is 4.38. The average molecular weight is 259 g/mol. The van der Waals surface area contributed by atoms with E-state index in [-0.39, 0.29) is 0 Å². The average Bonchev–Trinajstić information content (AvgIpc) is 2.92. The summed E-state index contributed by atoms with van der Waals surface area (Å²) in [5, 5.41) is 3.35. The number of anilines is 1. The molecular formula is C15H21N3O. The van der Waals surface area contributed by atoms with E-state index < -0.39 is 0 Å². The molecule has 4 heteroatoms. The number of imidazole rings is 1. The Labute approximate surface area is 114 Å². The van der Waals surface area contributed by atoms with Gasteiger partial charge in [0.15, 0.2) is 0 Å². The van der Waals surface area contributed by atoms with Gasteiger partial charge in [0.2, 0.25) is 5.95 Å². The first-order valence-corrected chi connectivity index (χ1v) is 6.71. The van der Waals surface area contributed by atoms with E-state index >= 15 is 0 Å². The topological polar surface area (TPSA) is 39.1 Å². The van der Waals surface area contributed by atoms with Crippen molar-refractivity contribution in [3.63, 3.8) is 0 Å². The van der Waals surface area contributed by atoms with Crippen LogP contribution < -0.4 is 5.32 Å². The molecule has 2 rings (SSSR count). The Balaban J connectivity index is 2.14. The zero-order valence-corrected chi connectivity index (χ0v) is 11.6. The van der Waals surface area contributed by atoms with Crippen LogP contribution >= 0.6 is 0 Å². The summed E-state index contributed by atoms with van der Waals surface area (Å²) in [5.41, 5.74) is 2.51. The molecule has 102 valence electrons. The van der Waals surface area contributed by atoms with Gasteiger partial charge in [-0.2, -0.15) is 0 Å². The number of rotatable bonds is 7. The van der Waals surface area contributed by atoms with Crippen LogP contribution in [0.2, 0.25) is 0 Å². The molecule has 0 unspecified atom stereocenters. The highest BCUT2D eigenvalue weighted by Gasteiger charge is 2.07. The van der Waals surface area contributed by atoms with Gasteiger partial charge in [-0.15, -0.1) is 0 Å². The molecule has 1 aromatic heterocycles. The number of benzene rings is 1. The molecule has 1 heterocycles. The van der Waals surface area contributed by atoms with E-state index in [4.69, 9.17) is 4.74 Å². The normalized spacial score (nSPS) is 10.6. The van der Waals surface area contributed by atoms with Crippen LogP contribution in [-0.2, 0) is 11.2 Å². The second-order valence-electron chi connectivity index (χ2n) is 4.38. The van der Waals surface area contributed by atoms with Gasteiger partial charge in [-0.25, -0.2) is 4.98 Å². The van der Waals surface area contributed by atoms with Gasteiger partial charge in [-0.1, -0.05) is 25.1 Å². The third kappa shape index (κ3) is 3.35. The van der Waals surface area contributed by atoms with Crippen LogP contribution in [0.5, 0.6) is 0 Å². The van der Waals surface area contributed by atoms with Crippen LogP contribution in [-0.4, -0.2) is 29.8 Å². The Morgan fingerprint density at radius 2 is 2.16 bits per heavy atom. The molecule has 0 radical (unpaired) electrons. The molecule has 1 aromatic carbocycles. The summed E-state index contributed by atoms with van der Waals surface area (Å²) < 4.78 is 7.15. The van der Waals surface area contributed by atoms with Crippen molar-refractivity contribution in [1.82, 2.24) is 9.55 Å². The lowest BCUT2D eigenvalue weighted by molar-refractivity contribution is 0.197. The number of aromatic nitrogens is 2. The molecule has 0 aliphatic carbocycles. The third-order valence-corrected chi connectivity index (χ3v) is 3.08. The van der Waals surface area contributed by atoms with Gasteiger partial charge in [0.05, 0.1) is 5.69 Å². The number of nitrogens with zero attached hydrogens (tertiary/aromatic N) is 2. The molecule has 0 saturated heterocycles. The largest absolute Gasteiger partial charge is 0.385 e. The van der Waals surface area contributed by atoms with E-state index in [9.17, 15) is 0 Å². The first-order valence-electron chi connectivity index (χ1n) is 6.71. The Kier molecular flexibility index (Phi) is 4.98. The monoisotopic (exact) mass is 259 g/mol. The molecule has 4 nitrogen and oxygen atoms in total. The van der Waals surface area contributed by atoms with E-state index in [2.05, 4.69) is 46.1 Å². The van der Waals surface area contributed by atoms with Gasteiger partial charge in [0.1, 0.15) is 0 Å². The lowest BCUT2D eigenvalue weighted by Crippen LogP contribution is -2.10. The van der Waals surface area contributed by atoms with Crippen molar-refractivity contribution in [3.8, 4) is 5.69 Å². The van der Waals surface area contributed by atoms with Crippen molar-refractivity contribution in [2.75, 3.05) is 25.6 Å². The molecule has 0 amide bonds. The molecule has 0 bridgehead atoms. The van der Waals surface area contributed by atoms with Crippen LogP contribution in [0.3, 0.4) is 0 Å². The first kappa shape index (κ1) is 13.6. The molecule has 0 saturated carbocycles. The maximum atomic E-state index is 5.05. The van der Waals surface area contributed by atoms with Gasteiger partial charge < -0.3 is 10.1 Å². The van der Waals surface area contributed by atoms with Crippen LogP contribution in [0.15, 0.2) is 36.7 Å². The van der Waals surface area contributed by atoms with E-state index in [1.165, 1.54) is 11.3 Å². The van der Waals surface area contributed by atoms with Crippen molar-refractivity contribution in [3.05, 3.63) is 42.2 Å². The van der Waals surface area contributed by atoms with Gasteiger partial charge in [-0.3, -0.25) is 4.57 Å². The number of ether oxygens (including phenoxy) is 1. The van der Waals surface area contributed by atoms with E-state index in [0.29, 0.717) is 0 Å². The van der Waals surface area contributed by atoms with Gasteiger partial charge >= 0.3 is 0 Å². The predicted octanol–water partition coefficient (Wildman–Crippen LogP) is 2.88. The molecule has 0 aliphatic rings.